The zero-order valence-electron chi connectivity index (χ0n) is 11.8. The zero-order valence-corrected chi connectivity index (χ0v) is 12.6. The van der Waals surface area contributed by atoms with E-state index in [0.717, 1.165) is 19.5 Å². The highest BCUT2D eigenvalue weighted by Gasteiger charge is 2.26. The van der Waals surface area contributed by atoms with Crippen LogP contribution in [0.2, 0.25) is 0 Å². The molecule has 102 valence electrons. The molecule has 1 aliphatic heterocycles. The minimum absolute atomic E-state index is 0.716. The summed E-state index contributed by atoms with van der Waals surface area (Å²) in [6, 6.07) is 0.716. The third-order valence-electron chi connectivity index (χ3n) is 3.73. The average Bonchev–Trinajstić information content (AvgIpc) is 3.01. The van der Waals surface area contributed by atoms with Crippen molar-refractivity contribution in [3.05, 3.63) is 10.6 Å². The zero-order chi connectivity index (χ0) is 13.0. The SMILES string of the molecule is CCNCc1sc(N2CCCC2CC)nc1CC. The molecule has 18 heavy (non-hydrogen) atoms. The maximum Gasteiger partial charge on any atom is 0.186 e. The lowest BCUT2D eigenvalue weighted by Crippen LogP contribution is -2.28. The lowest BCUT2D eigenvalue weighted by atomic mass is 10.2. The third-order valence-corrected chi connectivity index (χ3v) is 4.87. The molecule has 4 heteroatoms. The van der Waals surface area contributed by atoms with Gasteiger partial charge in [0.25, 0.3) is 0 Å². The van der Waals surface area contributed by atoms with Gasteiger partial charge in [0.1, 0.15) is 0 Å². The number of nitrogens with one attached hydrogen (secondary N) is 1. The van der Waals surface area contributed by atoms with E-state index < -0.39 is 0 Å². The fourth-order valence-corrected chi connectivity index (χ4v) is 3.87. The molecule has 1 N–H and O–H groups in total. The van der Waals surface area contributed by atoms with E-state index in [2.05, 4.69) is 31.0 Å². The molecule has 2 rings (SSSR count). The number of hydrogen-bond donors (Lipinski definition) is 1. The van der Waals surface area contributed by atoms with Crippen LogP contribution in [-0.2, 0) is 13.0 Å². The summed E-state index contributed by atoms with van der Waals surface area (Å²) in [5.41, 5.74) is 1.29. The second kappa shape index (κ2) is 6.53. The van der Waals surface area contributed by atoms with Crippen molar-refractivity contribution in [2.45, 2.75) is 59.0 Å². The molecule has 0 bridgehead atoms. The Morgan fingerprint density at radius 2 is 2.22 bits per heavy atom. The van der Waals surface area contributed by atoms with Crippen LogP contribution in [0.15, 0.2) is 0 Å². The van der Waals surface area contributed by atoms with Crippen molar-refractivity contribution < 1.29 is 0 Å². The fraction of sp³-hybridized carbons (Fsp3) is 0.786. The van der Waals surface area contributed by atoms with E-state index in [4.69, 9.17) is 4.98 Å². The molecule has 1 atom stereocenters. The Morgan fingerprint density at radius 1 is 1.39 bits per heavy atom. The lowest BCUT2D eigenvalue weighted by Gasteiger charge is -2.22. The number of thiazole rings is 1. The molecule has 3 nitrogen and oxygen atoms in total. The van der Waals surface area contributed by atoms with E-state index in [9.17, 15) is 0 Å². The molecule has 0 saturated carbocycles. The van der Waals surface area contributed by atoms with Crippen LogP contribution in [0, 0.1) is 0 Å². The molecule has 0 aromatic carbocycles. The van der Waals surface area contributed by atoms with E-state index in [1.54, 1.807) is 0 Å². The molecular weight excluding hydrogens is 242 g/mol. The van der Waals surface area contributed by atoms with Gasteiger partial charge < -0.3 is 10.2 Å². The van der Waals surface area contributed by atoms with Crippen molar-refractivity contribution in [2.75, 3.05) is 18.0 Å². The summed E-state index contributed by atoms with van der Waals surface area (Å²) >= 11 is 1.89. The number of aromatic nitrogens is 1. The molecule has 0 amide bonds. The van der Waals surface area contributed by atoms with Gasteiger partial charge in [-0.15, -0.1) is 11.3 Å². The van der Waals surface area contributed by atoms with Crippen molar-refractivity contribution in [3.8, 4) is 0 Å². The van der Waals surface area contributed by atoms with Crippen LogP contribution in [0.5, 0.6) is 0 Å². The van der Waals surface area contributed by atoms with E-state index >= 15 is 0 Å². The van der Waals surface area contributed by atoms with Crippen LogP contribution < -0.4 is 10.2 Å². The monoisotopic (exact) mass is 267 g/mol. The van der Waals surface area contributed by atoms with Crippen molar-refractivity contribution in [3.63, 3.8) is 0 Å². The predicted octanol–water partition coefficient (Wildman–Crippen LogP) is 3.19. The van der Waals surface area contributed by atoms with E-state index in [1.807, 2.05) is 11.3 Å². The Labute approximate surface area is 115 Å². The predicted molar refractivity (Wildman–Crippen MR) is 79.5 cm³/mol. The fourth-order valence-electron chi connectivity index (χ4n) is 2.66. The molecule has 1 fully saturated rings. The first-order valence-electron chi connectivity index (χ1n) is 7.26. The van der Waals surface area contributed by atoms with Crippen molar-refractivity contribution in [1.82, 2.24) is 10.3 Å². The summed E-state index contributed by atoms with van der Waals surface area (Å²) in [4.78, 5) is 8.82. The Kier molecular flexibility index (Phi) is 5.01. The van der Waals surface area contributed by atoms with Gasteiger partial charge in [-0.25, -0.2) is 4.98 Å². The Hall–Kier alpha value is -0.610. The number of anilines is 1. The molecule has 0 spiro atoms. The number of aryl methyl sites for hydroxylation is 1. The second-order valence-corrected chi connectivity index (χ2v) is 5.96. The van der Waals surface area contributed by atoms with E-state index in [0.29, 0.717) is 6.04 Å². The summed E-state index contributed by atoms with van der Waals surface area (Å²) in [6.45, 7) is 9.84. The van der Waals surface area contributed by atoms with Crippen LogP contribution >= 0.6 is 11.3 Å². The number of hydrogen-bond acceptors (Lipinski definition) is 4. The first-order chi connectivity index (χ1) is 8.80. The van der Waals surface area contributed by atoms with E-state index in [-0.39, 0.29) is 0 Å². The molecule has 1 unspecified atom stereocenters. The topological polar surface area (TPSA) is 28.2 Å². The number of nitrogens with zero attached hydrogens (tertiary/aromatic N) is 2. The molecule has 0 radical (unpaired) electrons. The summed E-state index contributed by atoms with van der Waals surface area (Å²) in [7, 11) is 0. The highest BCUT2D eigenvalue weighted by Crippen LogP contribution is 2.33. The van der Waals surface area contributed by atoms with Crippen molar-refractivity contribution in [1.29, 1.82) is 0 Å². The smallest absolute Gasteiger partial charge is 0.186 e. The minimum atomic E-state index is 0.716. The van der Waals surface area contributed by atoms with Crippen LogP contribution in [0.4, 0.5) is 5.13 Å². The van der Waals surface area contributed by atoms with E-state index in [1.165, 1.54) is 41.5 Å². The first kappa shape index (κ1) is 13.8. The van der Waals surface area contributed by atoms with Gasteiger partial charge in [0, 0.05) is 24.0 Å². The van der Waals surface area contributed by atoms with Gasteiger partial charge >= 0.3 is 0 Å². The van der Waals surface area contributed by atoms with Crippen LogP contribution in [-0.4, -0.2) is 24.1 Å². The summed E-state index contributed by atoms with van der Waals surface area (Å²) in [6.07, 6.45) is 4.94. The van der Waals surface area contributed by atoms with Gasteiger partial charge in [-0.05, 0) is 32.2 Å². The summed E-state index contributed by atoms with van der Waals surface area (Å²) in [5, 5.41) is 4.67. The summed E-state index contributed by atoms with van der Waals surface area (Å²) < 4.78 is 0. The van der Waals surface area contributed by atoms with Gasteiger partial charge in [-0.2, -0.15) is 0 Å². The van der Waals surface area contributed by atoms with Gasteiger partial charge in [0.2, 0.25) is 0 Å². The van der Waals surface area contributed by atoms with Gasteiger partial charge in [-0.3, -0.25) is 0 Å². The quantitative estimate of drug-likeness (QED) is 0.858. The highest BCUT2D eigenvalue weighted by molar-refractivity contribution is 7.15. The standard InChI is InChI=1S/C14H25N3S/c1-4-11-8-7-9-17(11)14-16-12(5-2)13(18-14)10-15-6-3/h11,15H,4-10H2,1-3H3. The molecule has 1 aliphatic rings. The molecule has 0 aliphatic carbocycles. The van der Waals surface area contributed by atoms with Crippen LogP contribution in [0.25, 0.3) is 0 Å². The Morgan fingerprint density at radius 3 is 2.89 bits per heavy atom. The van der Waals surface area contributed by atoms with Crippen LogP contribution in [0.1, 0.15) is 50.6 Å². The maximum atomic E-state index is 4.87. The highest BCUT2D eigenvalue weighted by atomic mass is 32.1. The Balaban J connectivity index is 2.15. The largest absolute Gasteiger partial charge is 0.345 e. The van der Waals surface area contributed by atoms with Gasteiger partial charge in [-0.1, -0.05) is 20.8 Å². The molecule has 1 aromatic heterocycles. The normalized spacial score (nSPS) is 19.7. The Bertz CT molecular complexity index is 375. The molecule has 1 saturated heterocycles. The van der Waals surface area contributed by atoms with Gasteiger partial charge in [0.05, 0.1) is 5.69 Å². The van der Waals surface area contributed by atoms with Crippen molar-refractivity contribution in [2.24, 2.45) is 0 Å². The molecule has 1 aromatic rings. The number of rotatable bonds is 6. The maximum absolute atomic E-state index is 4.87. The van der Waals surface area contributed by atoms with Crippen LogP contribution in [0.3, 0.4) is 0 Å². The average molecular weight is 267 g/mol. The summed E-state index contributed by atoms with van der Waals surface area (Å²) in [5.74, 6) is 0. The lowest BCUT2D eigenvalue weighted by molar-refractivity contribution is 0.643. The third kappa shape index (κ3) is 2.86. The molecule has 2 heterocycles. The minimum Gasteiger partial charge on any atom is -0.345 e. The van der Waals surface area contributed by atoms with Crippen molar-refractivity contribution >= 4 is 16.5 Å². The first-order valence-corrected chi connectivity index (χ1v) is 8.07. The molecular formula is C14H25N3S. The van der Waals surface area contributed by atoms with Gasteiger partial charge in [0.15, 0.2) is 5.13 Å². The second-order valence-electron chi connectivity index (χ2n) is 4.90.